The van der Waals surface area contributed by atoms with E-state index in [0.717, 1.165) is 28.9 Å². The van der Waals surface area contributed by atoms with Crippen molar-refractivity contribution in [3.63, 3.8) is 0 Å². The number of hydrogen-bond acceptors (Lipinski definition) is 3. The Bertz CT molecular complexity index is 438. The van der Waals surface area contributed by atoms with Gasteiger partial charge in [0, 0.05) is 10.2 Å². The summed E-state index contributed by atoms with van der Waals surface area (Å²) in [5.41, 5.74) is 0.960. The van der Waals surface area contributed by atoms with Gasteiger partial charge in [-0.1, -0.05) is 35.7 Å². The molecule has 0 spiro atoms. The van der Waals surface area contributed by atoms with Gasteiger partial charge in [0.15, 0.2) is 0 Å². The van der Waals surface area contributed by atoms with Crippen LogP contribution >= 0.6 is 15.9 Å². The van der Waals surface area contributed by atoms with Crippen LogP contribution in [0.15, 0.2) is 28.7 Å². The van der Waals surface area contributed by atoms with Gasteiger partial charge >= 0.3 is 5.97 Å². The molecule has 1 aliphatic rings. The van der Waals surface area contributed by atoms with E-state index < -0.39 is 0 Å². The highest BCUT2D eigenvalue weighted by molar-refractivity contribution is 9.10. The van der Waals surface area contributed by atoms with Gasteiger partial charge in [0.1, 0.15) is 6.04 Å². The van der Waals surface area contributed by atoms with Crippen molar-refractivity contribution in [3.8, 4) is 0 Å². The van der Waals surface area contributed by atoms with Crippen molar-refractivity contribution in [2.75, 3.05) is 12.4 Å². The summed E-state index contributed by atoms with van der Waals surface area (Å²) < 4.78 is 6.01. The summed E-state index contributed by atoms with van der Waals surface area (Å²) in [6.07, 6.45) is 4.56. The highest BCUT2D eigenvalue weighted by Gasteiger charge is 2.31. The van der Waals surface area contributed by atoms with Crippen molar-refractivity contribution in [2.24, 2.45) is 11.8 Å². The van der Waals surface area contributed by atoms with Crippen LogP contribution in [-0.4, -0.2) is 19.1 Å². The van der Waals surface area contributed by atoms with Gasteiger partial charge in [-0.3, -0.25) is 0 Å². The van der Waals surface area contributed by atoms with Gasteiger partial charge in [-0.05, 0) is 48.9 Å². The number of carbonyl (C=O) groups is 1. The van der Waals surface area contributed by atoms with E-state index in [9.17, 15) is 4.79 Å². The first-order valence-corrected chi connectivity index (χ1v) is 7.99. The summed E-state index contributed by atoms with van der Waals surface area (Å²) in [5, 5.41) is 3.35. The number of rotatable bonds is 4. The van der Waals surface area contributed by atoms with Crippen molar-refractivity contribution < 1.29 is 9.53 Å². The molecule has 0 saturated heterocycles. The lowest BCUT2D eigenvalue weighted by atomic mass is 9.79. The normalized spacial score (nSPS) is 23.9. The number of hydrogen-bond donors (Lipinski definition) is 1. The number of methoxy groups -OCH3 is 1. The summed E-state index contributed by atoms with van der Waals surface area (Å²) in [4.78, 5) is 12.1. The van der Waals surface area contributed by atoms with Gasteiger partial charge < -0.3 is 10.1 Å². The molecule has 0 amide bonds. The molecule has 1 N–H and O–H groups in total. The van der Waals surface area contributed by atoms with Crippen LogP contribution in [0.5, 0.6) is 0 Å². The summed E-state index contributed by atoms with van der Waals surface area (Å²) >= 11 is 3.42. The highest BCUT2D eigenvalue weighted by Crippen LogP contribution is 2.32. The average molecular weight is 340 g/mol. The van der Waals surface area contributed by atoms with E-state index in [1.807, 2.05) is 24.3 Å². The van der Waals surface area contributed by atoms with E-state index in [1.54, 1.807) is 0 Å². The molecule has 0 aliphatic heterocycles. The molecule has 1 atom stereocenters. The van der Waals surface area contributed by atoms with Crippen LogP contribution < -0.4 is 5.32 Å². The predicted octanol–water partition coefficient (Wildman–Crippen LogP) is 4.23. The quantitative estimate of drug-likeness (QED) is 0.834. The maximum absolute atomic E-state index is 12.1. The molecular formula is C16H22BrNO2. The van der Waals surface area contributed by atoms with Gasteiger partial charge in [-0.2, -0.15) is 0 Å². The van der Waals surface area contributed by atoms with Gasteiger partial charge in [0.25, 0.3) is 0 Å². The third-order valence-corrected chi connectivity index (χ3v) is 4.68. The molecular weight excluding hydrogens is 318 g/mol. The number of ether oxygens (including phenoxy) is 1. The first kappa shape index (κ1) is 15.4. The predicted molar refractivity (Wildman–Crippen MR) is 84.7 cm³/mol. The zero-order valence-corrected chi connectivity index (χ0v) is 13.7. The maximum atomic E-state index is 12.1. The fourth-order valence-electron chi connectivity index (χ4n) is 2.84. The zero-order valence-electron chi connectivity index (χ0n) is 12.1. The Kier molecular flexibility index (Phi) is 5.46. The van der Waals surface area contributed by atoms with Crippen LogP contribution in [0.3, 0.4) is 0 Å². The molecule has 1 unspecified atom stereocenters. The molecule has 1 aromatic carbocycles. The maximum Gasteiger partial charge on any atom is 0.328 e. The topological polar surface area (TPSA) is 38.3 Å². The second-order valence-corrected chi connectivity index (χ2v) is 6.59. The minimum Gasteiger partial charge on any atom is -0.467 e. The van der Waals surface area contributed by atoms with Crippen LogP contribution in [-0.2, 0) is 9.53 Å². The second-order valence-electron chi connectivity index (χ2n) is 5.67. The van der Waals surface area contributed by atoms with E-state index in [0.29, 0.717) is 5.92 Å². The summed E-state index contributed by atoms with van der Waals surface area (Å²) in [5.74, 6) is 0.979. The molecule has 110 valence electrons. The van der Waals surface area contributed by atoms with Crippen molar-refractivity contribution in [1.29, 1.82) is 0 Å². The van der Waals surface area contributed by atoms with Gasteiger partial charge in [0.2, 0.25) is 0 Å². The Morgan fingerprint density at radius 1 is 1.25 bits per heavy atom. The molecule has 1 aliphatic carbocycles. The molecule has 1 saturated carbocycles. The van der Waals surface area contributed by atoms with Crippen LogP contribution in [0.25, 0.3) is 0 Å². The van der Waals surface area contributed by atoms with Gasteiger partial charge in [-0.15, -0.1) is 0 Å². The molecule has 0 heterocycles. The van der Waals surface area contributed by atoms with Crippen molar-refractivity contribution >= 4 is 27.6 Å². The second kappa shape index (κ2) is 7.11. The van der Waals surface area contributed by atoms with Crippen LogP contribution in [0.4, 0.5) is 5.69 Å². The van der Waals surface area contributed by atoms with Crippen LogP contribution in [0, 0.1) is 11.8 Å². The molecule has 1 aromatic rings. The van der Waals surface area contributed by atoms with E-state index in [4.69, 9.17) is 4.74 Å². The lowest BCUT2D eigenvalue weighted by Gasteiger charge is -2.32. The number of nitrogens with one attached hydrogen (secondary N) is 1. The molecule has 0 aromatic heterocycles. The van der Waals surface area contributed by atoms with Crippen LogP contribution in [0.2, 0.25) is 0 Å². The smallest absolute Gasteiger partial charge is 0.328 e. The lowest BCUT2D eigenvalue weighted by Crippen LogP contribution is -2.39. The molecule has 0 bridgehead atoms. The number of esters is 1. The molecule has 20 heavy (non-hydrogen) atoms. The standard InChI is InChI=1S/C16H22BrNO2/c1-11-3-5-12(6-4-11)15(16(19)20-2)18-14-9-7-13(17)8-10-14/h7-12,15,18H,3-6H2,1-2H3. The fourth-order valence-corrected chi connectivity index (χ4v) is 3.11. The van der Waals surface area contributed by atoms with E-state index in [2.05, 4.69) is 28.2 Å². The number of halogens is 1. The largest absolute Gasteiger partial charge is 0.467 e. The molecule has 0 radical (unpaired) electrons. The first-order chi connectivity index (χ1) is 9.60. The van der Waals surface area contributed by atoms with Crippen molar-refractivity contribution in [1.82, 2.24) is 0 Å². The number of benzene rings is 1. The third-order valence-electron chi connectivity index (χ3n) is 4.15. The first-order valence-electron chi connectivity index (χ1n) is 7.20. The van der Waals surface area contributed by atoms with Gasteiger partial charge in [-0.25, -0.2) is 4.79 Å². The SMILES string of the molecule is COC(=O)C(Nc1ccc(Br)cc1)C1CCC(C)CC1. The minimum absolute atomic E-state index is 0.160. The molecule has 1 fully saturated rings. The highest BCUT2D eigenvalue weighted by atomic mass is 79.9. The van der Waals surface area contributed by atoms with E-state index in [1.165, 1.54) is 20.0 Å². The summed E-state index contributed by atoms with van der Waals surface area (Å²) in [6, 6.07) is 7.66. The van der Waals surface area contributed by atoms with E-state index in [-0.39, 0.29) is 12.0 Å². The Morgan fingerprint density at radius 2 is 1.85 bits per heavy atom. The number of anilines is 1. The summed E-state index contributed by atoms with van der Waals surface area (Å²) in [7, 11) is 1.46. The molecule has 4 heteroatoms. The number of carbonyl (C=O) groups excluding carboxylic acids is 1. The Hall–Kier alpha value is -1.03. The minimum atomic E-state index is -0.242. The fraction of sp³-hybridized carbons (Fsp3) is 0.562. The Labute approximate surface area is 129 Å². The van der Waals surface area contributed by atoms with Crippen molar-refractivity contribution in [3.05, 3.63) is 28.7 Å². The van der Waals surface area contributed by atoms with Crippen LogP contribution in [0.1, 0.15) is 32.6 Å². The Morgan fingerprint density at radius 3 is 2.40 bits per heavy atom. The van der Waals surface area contributed by atoms with Gasteiger partial charge in [0.05, 0.1) is 7.11 Å². The van der Waals surface area contributed by atoms with Crippen molar-refractivity contribution in [2.45, 2.75) is 38.6 Å². The third kappa shape index (κ3) is 3.98. The van der Waals surface area contributed by atoms with E-state index >= 15 is 0 Å². The zero-order chi connectivity index (χ0) is 14.5. The monoisotopic (exact) mass is 339 g/mol. The summed E-state index contributed by atoms with van der Waals surface area (Å²) in [6.45, 7) is 2.28. The molecule has 3 nitrogen and oxygen atoms in total. The molecule has 2 rings (SSSR count). The Balaban J connectivity index is 2.07. The average Bonchev–Trinajstić information content (AvgIpc) is 2.47. The lowest BCUT2D eigenvalue weighted by molar-refractivity contribution is -0.143.